The smallest absolute Gasteiger partial charge is 0.170 e. The topological polar surface area (TPSA) is 25.4 Å². The van der Waals surface area contributed by atoms with Crippen molar-refractivity contribution >= 4 is 17.4 Å². The van der Waals surface area contributed by atoms with Crippen LogP contribution < -0.4 is 4.90 Å². The third-order valence-electron chi connectivity index (χ3n) is 3.03. The molecule has 102 valence electrons. The minimum atomic E-state index is -0.330. The molecule has 5 heteroatoms. The maximum atomic E-state index is 14.2. The van der Waals surface area contributed by atoms with Gasteiger partial charge in [-0.15, -0.1) is 11.6 Å². The van der Waals surface area contributed by atoms with Gasteiger partial charge in [-0.05, 0) is 19.4 Å². The molecule has 0 aliphatic carbocycles. The van der Waals surface area contributed by atoms with E-state index in [0.29, 0.717) is 24.5 Å². The van der Waals surface area contributed by atoms with E-state index >= 15 is 0 Å². The van der Waals surface area contributed by atoms with Crippen LogP contribution in [0.1, 0.15) is 25.8 Å². The van der Waals surface area contributed by atoms with Gasteiger partial charge in [-0.25, -0.2) is 9.37 Å². The molecule has 1 atom stereocenters. The molecule has 1 aromatic rings. The summed E-state index contributed by atoms with van der Waals surface area (Å²) in [5.41, 5.74) is 0.479. The second kappa shape index (κ2) is 7.54. The monoisotopic (exact) mass is 274 g/mol. The minimum absolute atomic E-state index is 0.153. The molecule has 0 aromatic carbocycles. The SMILES string of the molecule is CCC(C)N(CCOC)c1nccc(CCl)c1F. The van der Waals surface area contributed by atoms with E-state index in [1.807, 2.05) is 11.8 Å². The van der Waals surface area contributed by atoms with Crippen molar-refractivity contribution < 1.29 is 9.13 Å². The summed E-state index contributed by atoms with van der Waals surface area (Å²) in [5, 5.41) is 0. The Balaban J connectivity index is 3.04. The van der Waals surface area contributed by atoms with E-state index in [0.717, 1.165) is 6.42 Å². The van der Waals surface area contributed by atoms with Crippen molar-refractivity contribution in [2.24, 2.45) is 0 Å². The first-order chi connectivity index (χ1) is 8.65. The first-order valence-corrected chi connectivity index (χ1v) is 6.64. The second-order valence-electron chi connectivity index (χ2n) is 4.18. The van der Waals surface area contributed by atoms with Crippen molar-refractivity contribution in [3.63, 3.8) is 0 Å². The number of alkyl halides is 1. The third-order valence-corrected chi connectivity index (χ3v) is 3.31. The molecule has 0 aliphatic rings. The minimum Gasteiger partial charge on any atom is -0.383 e. The number of ether oxygens (including phenoxy) is 1. The van der Waals surface area contributed by atoms with Gasteiger partial charge < -0.3 is 9.64 Å². The number of hydrogen-bond acceptors (Lipinski definition) is 3. The Morgan fingerprint density at radius 1 is 1.56 bits per heavy atom. The van der Waals surface area contributed by atoms with Gasteiger partial charge in [-0.1, -0.05) is 6.92 Å². The highest BCUT2D eigenvalue weighted by Gasteiger charge is 2.19. The van der Waals surface area contributed by atoms with Crippen molar-refractivity contribution in [2.45, 2.75) is 32.2 Å². The summed E-state index contributed by atoms with van der Waals surface area (Å²) in [6, 6.07) is 1.81. The lowest BCUT2D eigenvalue weighted by Gasteiger charge is -2.30. The second-order valence-corrected chi connectivity index (χ2v) is 4.45. The van der Waals surface area contributed by atoms with Crippen LogP contribution in [-0.2, 0) is 10.6 Å². The molecule has 0 aliphatic heterocycles. The fraction of sp³-hybridized carbons (Fsp3) is 0.615. The van der Waals surface area contributed by atoms with Gasteiger partial charge in [0.2, 0.25) is 0 Å². The Bertz CT molecular complexity index is 376. The fourth-order valence-electron chi connectivity index (χ4n) is 1.72. The van der Waals surface area contributed by atoms with Crippen molar-refractivity contribution in [1.82, 2.24) is 4.98 Å². The Labute approximate surface area is 113 Å². The van der Waals surface area contributed by atoms with Gasteiger partial charge >= 0.3 is 0 Å². The molecule has 1 rings (SSSR count). The van der Waals surface area contributed by atoms with E-state index in [1.165, 1.54) is 0 Å². The largest absolute Gasteiger partial charge is 0.383 e. The van der Waals surface area contributed by atoms with Crippen molar-refractivity contribution in [3.8, 4) is 0 Å². The molecular weight excluding hydrogens is 255 g/mol. The predicted molar refractivity (Wildman–Crippen MR) is 72.7 cm³/mol. The number of hydrogen-bond donors (Lipinski definition) is 0. The van der Waals surface area contributed by atoms with E-state index in [9.17, 15) is 4.39 Å². The average Bonchev–Trinajstić information content (AvgIpc) is 2.40. The van der Waals surface area contributed by atoms with Crippen LogP contribution in [0.3, 0.4) is 0 Å². The maximum Gasteiger partial charge on any atom is 0.170 e. The van der Waals surface area contributed by atoms with E-state index in [4.69, 9.17) is 16.3 Å². The molecule has 0 fully saturated rings. The van der Waals surface area contributed by atoms with Crippen LogP contribution >= 0.6 is 11.6 Å². The number of anilines is 1. The molecule has 3 nitrogen and oxygen atoms in total. The average molecular weight is 275 g/mol. The number of pyridine rings is 1. The van der Waals surface area contributed by atoms with E-state index in [-0.39, 0.29) is 17.7 Å². The summed E-state index contributed by atoms with van der Waals surface area (Å²) in [6.07, 6.45) is 2.51. The van der Waals surface area contributed by atoms with Crippen molar-refractivity contribution in [3.05, 3.63) is 23.6 Å². The molecule has 1 heterocycles. The first-order valence-electron chi connectivity index (χ1n) is 6.10. The molecule has 0 spiro atoms. The van der Waals surface area contributed by atoms with Gasteiger partial charge in [-0.2, -0.15) is 0 Å². The van der Waals surface area contributed by atoms with Crippen LogP contribution in [0.2, 0.25) is 0 Å². The van der Waals surface area contributed by atoms with Gasteiger partial charge in [0.25, 0.3) is 0 Å². The number of halogens is 2. The van der Waals surface area contributed by atoms with E-state index in [2.05, 4.69) is 11.9 Å². The summed E-state index contributed by atoms with van der Waals surface area (Å²) < 4.78 is 19.3. The van der Waals surface area contributed by atoms with Crippen LogP contribution in [0.4, 0.5) is 10.2 Å². The number of methoxy groups -OCH3 is 1. The summed E-state index contributed by atoms with van der Waals surface area (Å²) in [7, 11) is 1.63. The van der Waals surface area contributed by atoms with Crippen LogP contribution in [-0.4, -0.2) is 31.3 Å². The molecule has 0 saturated heterocycles. The molecule has 0 N–H and O–H groups in total. The molecule has 1 unspecified atom stereocenters. The molecule has 0 amide bonds. The van der Waals surface area contributed by atoms with Crippen molar-refractivity contribution in [1.29, 1.82) is 0 Å². The normalized spacial score (nSPS) is 12.5. The standard InChI is InChI=1S/C13H20ClFN2O/c1-4-10(2)17(7-8-18-3)13-12(15)11(9-14)5-6-16-13/h5-6,10H,4,7-9H2,1-3H3. The van der Waals surface area contributed by atoms with Gasteiger partial charge in [0.05, 0.1) is 12.5 Å². The number of nitrogens with zero attached hydrogens (tertiary/aromatic N) is 2. The Kier molecular flexibility index (Phi) is 6.36. The lowest BCUT2D eigenvalue weighted by molar-refractivity contribution is 0.203. The highest BCUT2D eigenvalue weighted by atomic mass is 35.5. The summed E-state index contributed by atoms with van der Waals surface area (Å²) in [6.45, 7) is 5.26. The first kappa shape index (κ1) is 15.2. The van der Waals surface area contributed by atoms with Crippen LogP contribution in [0, 0.1) is 5.82 Å². The molecule has 1 aromatic heterocycles. The van der Waals surface area contributed by atoms with Gasteiger partial charge in [-0.3, -0.25) is 0 Å². The molecule has 0 bridgehead atoms. The Morgan fingerprint density at radius 3 is 2.83 bits per heavy atom. The zero-order valence-electron chi connectivity index (χ0n) is 11.1. The summed E-state index contributed by atoms with van der Waals surface area (Å²) in [5.74, 6) is 0.184. The Hall–Kier alpha value is -0.870. The third kappa shape index (κ3) is 3.56. The van der Waals surface area contributed by atoms with E-state index < -0.39 is 0 Å². The van der Waals surface area contributed by atoms with Gasteiger partial charge in [0, 0.05) is 31.5 Å². The highest BCUT2D eigenvalue weighted by molar-refractivity contribution is 6.17. The fourth-order valence-corrected chi connectivity index (χ4v) is 1.93. The Morgan fingerprint density at radius 2 is 2.28 bits per heavy atom. The summed E-state index contributed by atoms with van der Waals surface area (Å²) >= 11 is 5.72. The van der Waals surface area contributed by atoms with Crippen LogP contribution in [0.25, 0.3) is 0 Å². The van der Waals surface area contributed by atoms with Crippen LogP contribution in [0.5, 0.6) is 0 Å². The lowest BCUT2D eigenvalue weighted by atomic mass is 10.2. The quantitative estimate of drug-likeness (QED) is 0.714. The molecule has 0 saturated carbocycles. The van der Waals surface area contributed by atoms with Gasteiger partial charge in [0.1, 0.15) is 0 Å². The number of rotatable bonds is 7. The molecule has 0 radical (unpaired) electrons. The lowest BCUT2D eigenvalue weighted by Crippen LogP contribution is -2.36. The predicted octanol–water partition coefficient (Wildman–Crippen LogP) is 3.21. The van der Waals surface area contributed by atoms with Crippen molar-refractivity contribution in [2.75, 3.05) is 25.2 Å². The molecular formula is C13H20ClFN2O. The maximum absolute atomic E-state index is 14.2. The number of aromatic nitrogens is 1. The zero-order valence-corrected chi connectivity index (χ0v) is 11.9. The molecule has 18 heavy (non-hydrogen) atoms. The summed E-state index contributed by atoms with van der Waals surface area (Å²) in [4.78, 5) is 6.07. The zero-order chi connectivity index (χ0) is 13.5. The van der Waals surface area contributed by atoms with E-state index in [1.54, 1.807) is 19.4 Å². The van der Waals surface area contributed by atoms with Gasteiger partial charge in [0.15, 0.2) is 11.6 Å². The highest BCUT2D eigenvalue weighted by Crippen LogP contribution is 2.23. The van der Waals surface area contributed by atoms with Crippen LogP contribution in [0.15, 0.2) is 12.3 Å².